The Morgan fingerprint density at radius 2 is 1.75 bits per heavy atom. The summed E-state index contributed by atoms with van der Waals surface area (Å²) < 4.78 is 5.35. The second-order valence-corrected chi connectivity index (χ2v) is 5.00. The van der Waals surface area contributed by atoms with E-state index in [2.05, 4.69) is 19.1 Å². The van der Waals surface area contributed by atoms with Gasteiger partial charge in [-0.25, -0.2) is 0 Å². The molecule has 1 atom stereocenters. The fourth-order valence-corrected chi connectivity index (χ4v) is 1.98. The molecule has 0 spiro atoms. The molecule has 20 heavy (non-hydrogen) atoms. The second kappa shape index (κ2) is 14.1. The van der Waals surface area contributed by atoms with Crippen LogP contribution in [0.2, 0.25) is 0 Å². The quantitative estimate of drug-likeness (QED) is 0.289. The molecule has 0 radical (unpaired) electrons. The molecular weight excluding hydrogens is 248 g/mol. The second-order valence-electron chi connectivity index (χ2n) is 5.00. The van der Waals surface area contributed by atoms with Crippen LogP contribution < -0.4 is 0 Å². The Morgan fingerprint density at radius 1 is 1.05 bits per heavy atom. The molecule has 0 aliphatic rings. The molecule has 2 nitrogen and oxygen atoms in total. The van der Waals surface area contributed by atoms with E-state index in [0.29, 0.717) is 0 Å². The maximum atomic E-state index is 11.0. The fraction of sp³-hybridized carbons (Fsp3) is 0.611. The number of esters is 1. The normalized spacial score (nSPS) is 13.6. The highest BCUT2D eigenvalue weighted by Crippen LogP contribution is 2.14. The third-order valence-electron chi connectivity index (χ3n) is 3.02. The van der Waals surface area contributed by atoms with Gasteiger partial charge < -0.3 is 4.74 Å². The van der Waals surface area contributed by atoms with Gasteiger partial charge >= 0.3 is 5.97 Å². The highest BCUT2D eigenvalue weighted by Gasteiger charge is 2.10. The van der Waals surface area contributed by atoms with Gasteiger partial charge in [-0.2, -0.15) is 0 Å². The number of ether oxygens (including phenoxy) is 1. The van der Waals surface area contributed by atoms with Crippen molar-refractivity contribution >= 4 is 5.97 Å². The first-order valence-electron chi connectivity index (χ1n) is 7.82. The minimum absolute atomic E-state index is 0.117. The predicted molar refractivity (Wildman–Crippen MR) is 86.6 cm³/mol. The van der Waals surface area contributed by atoms with Crippen LogP contribution >= 0.6 is 0 Å². The number of carbonyl (C=O) groups is 1. The zero-order valence-electron chi connectivity index (χ0n) is 13.3. The molecule has 0 saturated heterocycles. The molecule has 114 valence electrons. The molecule has 0 bridgehead atoms. The highest BCUT2D eigenvalue weighted by atomic mass is 16.5. The predicted octanol–water partition coefficient (Wildman–Crippen LogP) is 5.36. The first-order valence-corrected chi connectivity index (χ1v) is 7.82. The van der Waals surface area contributed by atoms with Gasteiger partial charge in [0.05, 0.1) is 0 Å². The molecule has 0 aromatic heterocycles. The summed E-state index contributed by atoms with van der Waals surface area (Å²) in [7, 11) is 0. The molecule has 0 aliphatic carbocycles. The van der Waals surface area contributed by atoms with Gasteiger partial charge in [0.1, 0.15) is 6.10 Å². The van der Waals surface area contributed by atoms with E-state index in [4.69, 9.17) is 4.74 Å². The van der Waals surface area contributed by atoms with Gasteiger partial charge in [0.2, 0.25) is 0 Å². The van der Waals surface area contributed by atoms with Crippen molar-refractivity contribution in [3.05, 3.63) is 36.5 Å². The lowest BCUT2D eigenvalue weighted by atomic mass is 10.0. The minimum Gasteiger partial charge on any atom is -0.463 e. The maximum Gasteiger partial charge on any atom is 0.302 e. The van der Waals surface area contributed by atoms with Crippen LogP contribution in [0.15, 0.2) is 36.5 Å². The third-order valence-corrected chi connectivity index (χ3v) is 3.02. The fourth-order valence-electron chi connectivity index (χ4n) is 1.98. The first kappa shape index (κ1) is 18.7. The van der Waals surface area contributed by atoms with Gasteiger partial charge in [0, 0.05) is 6.92 Å². The summed E-state index contributed by atoms with van der Waals surface area (Å²) in [4.78, 5) is 11.0. The van der Waals surface area contributed by atoms with Gasteiger partial charge in [-0.05, 0) is 39.0 Å². The molecule has 0 saturated carbocycles. The molecule has 0 fully saturated rings. The number of carbonyl (C=O) groups excluding carboxylic acids is 1. The molecule has 0 aliphatic heterocycles. The van der Waals surface area contributed by atoms with Crippen LogP contribution in [-0.4, -0.2) is 12.1 Å². The molecule has 0 rings (SSSR count). The summed E-state index contributed by atoms with van der Waals surface area (Å²) in [6.45, 7) is 5.67. The van der Waals surface area contributed by atoms with E-state index in [9.17, 15) is 4.79 Å². The summed E-state index contributed by atoms with van der Waals surface area (Å²) in [5.74, 6) is -0.153. The molecule has 0 amide bonds. The molecule has 0 N–H and O–H groups in total. The largest absolute Gasteiger partial charge is 0.463 e. The van der Waals surface area contributed by atoms with Gasteiger partial charge in [0.25, 0.3) is 0 Å². The highest BCUT2D eigenvalue weighted by molar-refractivity contribution is 5.66. The summed E-state index contributed by atoms with van der Waals surface area (Å²) in [5, 5.41) is 0. The zero-order chi connectivity index (χ0) is 15.1. The van der Waals surface area contributed by atoms with Crippen molar-refractivity contribution in [3.63, 3.8) is 0 Å². The average Bonchev–Trinajstić information content (AvgIpc) is 2.42. The smallest absolute Gasteiger partial charge is 0.302 e. The van der Waals surface area contributed by atoms with Crippen molar-refractivity contribution < 1.29 is 9.53 Å². The Morgan fingerprint density at radius 3 is 2.40 bits per heavy atom. The van der Waals surface area contributed by atoms with Crippen molar-refractivity contribution in [2.75, 3.05) is 0 Å². The Balaban J connectivity index is 3.73. The Labute approximate surface area is 124 Å². The van der Waals surface area contributed by atoms with Gasteiger partial charge in [-0.3, -0.25) is 4.79 Å². The summed E-state index contributed by atoms with van der Waals surface area (Å²) in [5.41, 5.74) is 0. The molecule has 0 heterocycles. The number of unbranched alkanes of at least 4 members (excludes halogenated alkanes) is 3. The molecule has 1 unspecified atom stereocenters. The zero-order valence-corrected chi connectivity index (χ0v) is 13.3. The van der Waals surface area contributed by atoms with Crippen molar-refractivity contribution in [1.29, 1.82) is 0 Å². The van der Waals surface area contributed by atoms with E-state index in [0.717, 1.165) is 44.9 Å². The Kier molecular flexibility index (Phi) is 13.2. The first-order chi connectivity index (χ1) is 9.70. The van der Waals surface area contributed by atoms with Crippen LogP contribution in [0.5, 0.6) is 0 Å². The molecule has 0 aromatic rings. The van der Waals surface area contributed by atoms with Crippen LogP contribution in [0.4, 0.5) is 0 Å². The van der Waals surface area contributed by atoms with Crippen LogP contribution in [0, 0.1) is 0 Å². The number of hydrogen-bond acceptors (Lipinski definition) is 2. The maximum absolute atomic E-state index is 11.0. The Hall–Kier alpha value is -1.31. The lowest BCUT2D eigenvalue weighted by Gasteiger charge is -2.16. The van der Waals surface area contributed by atoms with E-state index in [1.165, 1.54) is 6.92 Å². The molecule has 2 heteroatoms. The summed E-state index contributed by atoms with van der Waals surface area (Å²) in [6.07, 6.45) is 20.1. The van der Waals surface area contributed by atoms with Gasteiger partial charge in [-0.1, -0.05) is 56.2 Å². The minimum atomic E-state index is -0.153. The van der Waals surface area contributed by atoms with Crippen LogP contribution in [0.25, 0.3) is 0 Å². The van der Waals surface area contributed by atoms with Gasteiger partial charge in [0.15, 0.2) is 0 Å². The van der Waals surface area contributed by atoms with Crippen molar-refractivity contribution in [1.82, 2.24) is 0 Å². The van der Waals surface area contributed by atoms with Crippen molar-refractivity contribution in [2.45, 2.75) is 71.8 Å². The van der Waals surface area contributed by atoms with Gasteiger partial charge in [-0.15, -0.1) is 0 Å². The van der Waals surface area contributed by atoms with E-state index in [1.54, 1.807) is 0 Å². The standard InChI is InChI=1S/C18H30O2/c1-4-6-8-9-10-11-12-13-14-16-18(15-7-5-2)20-17(3)19/h4,6,8-11,18H,5,7,12-16H2,1-3H3. The lowest BCUT2D eigenvalue weighted by Crippen LogP contribution is -2.16. The molecule has 0 aromatic carbocycles. The Bertz CT molecular complexity index is 313. The number of hydrogen-bond donors (Lipinski definition) is 0. The summed E-state index contributed by atoms with van der Waals surface area (Å²) >= 11 is 0. The van der Waals surface area contributed by atoms with Crippen molar-refractivity contribution in [3.8, 4) is 0 Å². The number of rotatable bonds is 11. The van der Waals surface area contributed by atoms with E-state index in [1.807, 2.05) is 31.2 Å². The van der Waals surface area contributed by atoms with Crippen LogP contribution in [0.1, 0.15) is 65.7 Å². The topological polar surface area (TPSA) is 26.3 Å². The average molecular weight is 278 g/mol. The summed E-state index contributed by atoms with van der Waals surface area (Å²) in [6, 6.07) is 0. The van der Waals surface area contributed by atoms with Crippen molar-refractivity contribution in [2.24, 2.45) is 0 Å². The van der Waals surface area contributed by atoms with Crippen LogP contribution in [0.3, 0.4) is 0 Å². The van der Waals surface area contributed by atoms with E-state index >= 15 is 0 Å². The molecular formula is C18H30O2. The number of allylic oxidation sites excluding steroid dienone is 6. The monoisotopic (exact) mass is 278 g/mol. The van der Waals surface area contributed by atoms with E-state index in [-0.39, 0.29) is 12.1 Å². The lowest BCUT2D eigenvalue weighted by molar-refractivity contribution is -0.147. The SMILES string of the molecule is CC=CC=CC=CCCCCC(CCCC)OC(C)=O. The van der Waals surface area contributed by atoms with E-state index < -0.39 is 0 Å². The van der Waals surface area contributed by atoms with Crippen LogP contribution in [-0.2, 0) is 9.53 Å². The third kappa shape index (κ3) is 13.1.